The fourth-order valence-corrected chi connectivity index (χ4v) is 3.13. The van der Waals surface area contributed by atoms with Gasteiger partial charge < -0.3 is 10.2 Å². The van der Waals surface area contributed by atoms with E-state index in [9.17, 15) is 15.0 Å². The Morgan fingerprint density at radius 3 is 2.50 bits per heavy atom. The van der Waals surface area contributed by atoms with Crippen LogP contribution >= 0.6 is 11.6 Å². The number of rotatable bonds is 5. The zero-order valence-corrected chi connectivity index (χ0v) is 16.3. The predicted molar refractivity (Wildman–Crippen MR) is 112 cm³/mol. The average molecular weight is 397 g/mol. The Morgan fingerprint density at radius 2 is 1.82 bits per heavy atom. The number of carbonyl (C=O) groups is 1. The van der Waals surface area contributed by atoms with E-state index in [1.165, 1.54) is 18.2 Å². The van der Waals surface area contributed by atoms with Crippen molar-refractivity contribution in [1.82, 2.24) is 5.43 Å². The average Bonchev–Trinajstić information content (AvgIpc) is 2.69. The van der Waals surface area contributed by atoms with Crippen LogP contribution in [0.25, 0.3) is 10.8 Å². The number of nitrogens with zero attached hydrogens (tertiary/aromatic N) is 1. The number of fused-ring (bicyclic) bond motifs is 1. The van der Waals surface area contributed by atoms with Gasteiger partial charge in [-0.15, -0.1) is 0 Å². The number of hydrogen-bond donors (Lipinski definition) is 3. The van der Waals surface area contributed by atoms with Gasteiger partial charge in [-0.1, -0.05) is 61.8 Å². The third-order valence-electron chi connectivity index (χ3n) is 4.52. The number of carbonyl (C=O) groups excluding carboxylic acids is 1. The van der Waals surface area contributed by atoms with E-state index >= 15 is 0 Å². The standard InChI is InChI=1S/C22H21ClN2O3/c1-13(2)21(27)18-9-7-15(16-5-3-4-6-17(16)18)12-24-25-22(28)14-8-10-20(26)19(23)11-14/h3-13,21,26-27H,1-2H3,(H,25,28)/b24-12+. The SMILES string of the molecule is CC(C)C(O)c1ccc(/C=N/NC(=O)c2ccc(O)c(Cl)c2)c2ccccc12. The fourth-order valence-electron chi connectivity index (χ4n) is 2.95. The molecule has 3 N–H and O–H groups in total. The van der Waals surface area contributed by atoms with Crippen molar-refractivity contribution in [2.24, 2.45) is 11.0 Å². The summed E-state index contributed by atoms with van der Waals surface area (Å²) in [6, 6.07) is 15.7. The lowest BCUT2D eigenvalue weighted by Gasteiger charge is -2.18. The molecule has 0 saturated heterocycles. The minimum absolute atomic E-state index is 0.0862. The minimum Gasteiger partial charge on any atom is -0.506 e. The lowest BCUT2D eigenvalue weighted by Crippen LogP contribution is -2.17. The molecule has 28 heavy (non-hydrogen) atoms. The molecule has 3 aromatic carbocycles. The molecule has 1 atom stereocenters. The molecule has 3 rings (SSSR count). The monoisotopic (exact) mass is 396 g/mol. The largest absolute Gasteiger partial charge is 0.506 e. The molecule has 0 aliphatic carbocycles. The summed E-state index contributed by atoms with van der Waals surface area (Å²) >= 11 is 5.83. The van der Waals surface area contributed by atoms with Crippen LogP contribution in [0.3, 0.4) is 0 Å². The normalized spacial score (nSPS) is 12.6. The van der Waals surface area contributed by atoms with Gasteiger partial charge in [0.25, 0.3) is 5.91 Å². The van der Waals surface area contributed by atoms with Gasteiger partial charge >= 0.3 is 0 Å². The number of phenolic OH excluding ortho intramolecular Hbond substituents is 1. The molecule has 1 unspecified atom stereocenters. The number of halogens is 1. The molecule has 0 radical (unpaired) electrons. The van der Waals surface area contributed by atoms with Crippen LogP contribution in [0.1, 0.15) is 41.4 Å². The van der Waals surface area contributed by atoms with E-state index in [2.05, 4.69) is 10.5 Å². The lowest BCUT2D eigenvalue weighted by atomic mass is 9.92. The first kappa shape index (κ1) is 19.9. The summed E-state index contributed by atoms with van der Waals surface area (Å²) in [5, 5.41) is 25.9. The second-order valence-corrected chi connectivity index (χ2v) is 7.25. The molecule has 0 spiro atoms. The maximum Gasteiger partial charge on any atom is 0.271 e. The quantitative estimate of drug-likeness (QED) is 0.433. The maximum absolute atomic E-state index is 12.2. The number of nitrogens with one attached hydrogen (secondary N) is 1. The van der Waals surface area contributed by atoms with Gasteiger partial charge in [0.1, 0.15) is 5.75 Å². The topological polar surface area (TPSA) is 81.9 Å². The lowest BCUT2D eigenvalue weighted by molar-refractivity contribution is 0.0955. The molecule has 144 valence electrons. The highest BCUT2D eigenvalue weighted by Gasteiger charge is 2.16. The van der Waals surface area contributed by atoms with Crippen molar-refractivity contribution in [2.45, 2.75) is 20.0 Å². The first-order valence-electron chi connectivity index (χ1n) is 8.90. The van der Waals surface area contributed by atoms with Crippen LogP contribution in [-0.2, 0) is 0 Å². The first-order valence-corrected chi connectivity index (χ1v) is 9.28. The number of hydrogen-bond acceptors (Lipinski definition) is 4. The Balaban J connectivity index is 1.85. The number of phenols is 1. The van der Waals surface area contributed by atoms with Gasteiger partial charge in [0.15, 0.2) is 0 Å². The molecule has 5 nitrogen and oxygen atoms in total. The summed E-state index contributed by atoms with van der Waals surface area (Å²) in [5.74, 6) is -0.425. The molecular weight excluding hydrogens is 376 g/mol. The number of aromatic hydroxyl groups is 1. The number of benzene rings is 3. The minimum atomic E-state index is -0.560. The van der Waals surface area contributed by atoms with Crippen LogP contribution in [0.5, 0.6) is 5.75 Å². The Hall–Kier alpha value is -2.89. The molecule has 0 aliphatic heterocycles. The van der Waals surface area contributed by atoms with E-state index in [1.807, 2.05) is 50.2 Å². The van der Waals surface area contributed by atoms with E-state index < -0.39 is 12.0 Å². The fraction of sp³-hybridized carbons (Fsp3) is 0.182. The van der Waals surface area contributed by atoms with Crippen molar-refractivity contribution < 1.29 is 15.0 Å². The zero-order chi connectivity index (χ0) is 20.3. The molecule has 0 fully saturated rings. The molecule has 0 saturated carbocycles. The summed E-state index contributed by atoms with van der Waals surface area (Å²) in [4.78, 5) is 12.2. The van der Waals surface area contributed by atoms with Crippen LogP contribution < -0.4 is 5.43 Å². The van der Waals surface area contributed by atoms with Gasteiger partial charge in [0, 0.05) is 11.1 Å². The number of aliphatic hydroxyl groups excluding tert-OH is 1. The number of amides is 1. The van der Waals surface area contributed by atoms with Crippen LogP contribution in [0.2, 0.25) is 5.02 Å². The van der Waals surface area contributed by atoms with Crippen molar-refractivity contribution >= 4 is 34.5 Å². The zero-order valence-electron chi connectivity index (χ0n) is 15.6. The number of hydrazone groups is 1. The van der Waals surface area contributed by atoms with Crippen LogP contribution in [0, 0.1) is 5.92 Å². The van der Waals surface area contributed by atoms with Crippen molar-refractivity contribution in [2.75, 3.05) is 0 Å². The summed E-state index contributed by atoms with van der Waals surface area (Å²) in [5.41, 5.74) is 4.43. The number of aliphatic hydroxyl groups is 1. The van der Waals surface area contributed by atoms with Gasteiger partial charge in [-0.3, -0.25) is 4.79 Å². The van der Waals surface area contributed by atoms with Crippen LogP contribution in [0.4, 0.5) is 0 Å². The van der Waals surface area contributed by atoms with Gasteiger partial charge in [-0.2, -0.15) is 5.10 Å². The Bertz CT molecular complexity index is 1050. The summed E-state index contributed by atoms with van der Waals surface area (Å²) < 4.78 is 0. The van der Waals surface area contributed by atoms with E-state index in [-0.39, 0.29) is 16.7 Å². The highest BCUT2D eigenvalue weighted by molar-refractivity contribution is 6.32. The third kappa shape index (κ3) is 4.16. The molecule has 0 heterocycles. The first-order chi connectivity index (χ1) is 13.4. The van der Waals surface area contributed by atoms with Gasteiger partial charge in [0.05, 0.1) is 17.3 Å². The Labute approximate surface area is 168 Å². The maximum atomic E-state index is 12.2. The van der Waals surface area contributed by atoms with Crippen molar-refractivity contribution in [3.8, 4) is 5.75 Å². The van der Waals surface area contributed by atoms with E-state index in [0.29, 0.717) is 5.56 Å². The Kier molecular flexibility index (Phi) is 5.97. The van der Waals surface area contributed by atoms with E-state index in [1.54, 1.807) is 6.21 Å². The van der Waals surface area contributed by atoms with Gasteiger partial charge in [0.2, 0.25) is 0 Å². The molecule has 0 bridgehead atoms. The summed E-state index contributed by atoms with van der Waals surface area (Å²) in [6.07, 6.45) is 1.00. The van der Waals surface area contributed by atoms with E-state index in [4.69, 9.17) is 11.6 Å². The second kappa shape index (κ2) is 8.42. The predicted octanol–water partition coefficient (Wildman–Crippen LogP) is 4.65. The highest BCUT2D eigenvalue weighted by atomic mass is 35.5. The van der Waals surface area contributed by atoms with Gasteiger partial charge in [-0.25, -0.2) is 5.43 Å². The van der Waals surface area contributed by atoms with Gasteiger partial charge in [-0.05, 0) is 40.5 Å². The molecule has 3 aromatic rings. The summed E-state index contributed by atoms with van der Waals surface area (Å²) in [6.45, 7) is 3.94. The van der Waals surface area contributed by atoms with Crippen molar-refractivity contribution in [3.63, 3.8) is 0 Å². The Morgan fingerprint density at radius 1 is 1.11 bits per heavy atom. The van der Waals surface area contributed by atoms with E-state index in [0.717, 1.165) is 21.9 Å². The molecule has 0 aromatic heterocycles. The van der Waals surface area contributed by atoms with Crippen LogP contribution in [0.15, 0.2) is 59.7 Å². The third-order valence-corrected chi connectivity index (χ3v) is 4.82. The highest BCUT2D eigenvalue weighted by Crippen LogP contribution is 2.30. The van der Waals surface area contributed by atoms with Crippen molar-refractivity contribution in [3.05, 3.63) is 76.3 Å². The molecular formula is C22H21ClN2O3. The van der Waals surface area contributed by atoms with Crippen molar-refractivity contribution in [1.29, 1.82) is 0 Å². The smallest absolute Gasteiger partial charge is 0.271 e. The van der Waals surface area contributed by atoms with Crippen LogP contribution in [-0.4, -0.2) is 22.3 Å². The molecule has 0 aliphatic rings. The summed E-state index contributed by atoms with van der Waals surface area (Å²) in [7, 11) is 0. The second-order valence-electron chi connectivity index (χ2n) is 6.84. The molecule has 6 heteroatoms. The molecule has 1 amide bonds.